The lowest BCUT2D eigenvalue weighted by molar-refractivity contribution is -0.341. The quantitative estimate of drug-likeness (QED) is 0.257. The molecule has 11 nitrogen and oxygen atoms in total. The van der Waals surface area contributed by atoms with E-state index in [0.717, 1.165) is 0 Å². The Morgan fingerprint density at radius 1 is 1.04 bits per heavy atom. The predicted molar refractivity (Wildman–Crippen MR) is 78.8 cm³/mol. The molecule has 0 bridgehead atoms. The van der Waals surface area contributed by atoms with Gasteiger partial charge in [-0.05, 0) is 6.92 Å². The number of aliphatic hydroxyl groups excluding tert-OH is 6. The van der Waals surface area contributed by atoms with E-state index < -0.39 is 73.9 Å². The fraction of sp³-hybridized carbons (Fsp3) is 0.929. The largest absolute Gasteiger partial charge is 0.394 e. The zero-order chi connectivity index (χ0) is 18.9. The number of aliphatic hydroxyl groups is 6. The minimum atomic E-state index is -1.62. The van der Waals surface area contributed by atoms with Crippen LogP contribution in [0.3, 0.4) is 0 Å². The van der Waals surface area contributed by atoms with Gasteiger partial charge in [-0.15, -0.1) is 0 Å². The summed E-state index contributed by atoms with van der Waals surface area (Å²) in [6.07, 6.45) is -12.3. The Bertz CT molecular complexity index is 465. The van der Waals surface area contributed by atoms with Crippen LogP contribution in [0.5, 0.6) is 0 Å². The van der Waals surface area contributed by atoms with Gasteiger partial charge in [0, 0.05) is 6.92 Å². The Labute approximate surface area is 143 Å². The number of hydrogen-bond acceptors (Lipinski definition) is 10. The van der Waals surface area contributed by atoms with Gasteiger partial charge in [0.05, 0.1) is 12.7 Å². The van der Waals surface area contributed by atoms with Crippen LogP contribution in [0.2, 0.25) is 0 Å². The highest BCUT2D eigenvalue weighted by atomic mass is 16.7. The van der Waals surface area contributed by atoms with Crippen molar-refractivity contribution >= 4 is 5.91 Å². The summed E-state index contributed by atoms with van der Waals surface area (Å²) in [5.41, 5.74) is 0. The summed E-state index contributed by atoms with van der Waals surface area (Å²) in [7, 11) is 0. The molecule has 0 aliphatic carbocycles. The van der Waals surface area contributed by atoms with Gasteiger partial charge in [-0.2, -0.15) is 0 Å². The Morgan fingerprint density at radius 2 is 1.68 bits per heavy atom. The fourth-order valence-corrected chi connectivity index (χ4v) is 2.92. The van der Waals surface area contributed by atoms with Crippen LogP contribution in [-0.4, -0.2) is 105 Å². The van der Waals surface area contributed by atoms with Crippen molar-refractivity contribution in [2.45, 2.75) is 75.2 Å². The van der Waals surface area contributed by atoms with Gasteiger partial charge < -0.3 is 50.2 Å². The molecule has 146 valence electrons. The van der Waals surface area contributed by atoms with Crippen LogP contribution in [0.4, 0.5) is 0 Å². The van der Waals surface area contributed by atoms with Crippen molar-refractivity contribution in [2.24, 2.45) is 0 Å². The van der Waals surface area contributed by atoms with E-state index in [1.165, 1.54) is 13.8 Å². The maximum atomic E-state index is 11.2. The van der Waals surface area contributed by atoms with E-state index in [9.17, 15) is 35.4 Å². The smallest absolute Gasteiger partial charge is 0.217 e. The van der Waals surface area contributed by atoms with Gasteiger partial charge in [-0.1, -0.05) is 0 Å². The second kappa shape index (κ2) is 8.20. The molecule has 2 fully saturated rings. The molecule has 10 atom stereocenters. The fourth-order valence-electron chi connectivity index (χ4n) is 2.92. The monoisotopic (exact) mass is 367 g/mol. The lowest BCUT2D eigenvalue weighted by atomic mass is 9.95. The summed E-state index contributed by atoms with van der Waals surface area (Å²) >= 11 is 0. The first-order chi connectivity index (χ1) is 11.7. The van der Waals surface area contributed by atoms with Crippen LogP contribution in [0.25, 0.3) is 0 Å². The standard InChI is InChI=1S/C14H25NO10/c1-4-8(18)10(20)11(21)14(23-4)25-12-6(3-16)24-13(22)7(9(12)19)15-5(2)17/h4,6-14,16,18-22H,3H2,1-2H3,(H,15,17)/t4-,6-,7-,8-,9-,10+,11+,12-,13?,14-/m1/s1. The van der Waals surface area contributed by atoms with Crippen molar-refractivity contribution in [1.29, 1.82) is 0 Å². The first-order valence-electron chi connectivity index (χ1n) is 7.92. The molecule has 2 saturated heterocycles. The SMILES string of the molecule is CC(=O)N[C@H]1C(O)O[C@H](CO)[C@@H](O[C@H]2O[C@H](C)[C@@H](O)[C@H](O)[C@@H]2O)[C@@H]1O. The molecular formula is C14H25NO10. The molecule has 0 spiro atoms. The molecule has 1 unspecified atom stereocenters. The van der Waals surface area contributed by atoms with Gasteiger partial charge in [0.15, 0.2) is 12.6 Å². The van der Waals surface area contributed by atoms with E-state index in [1.807, 2.05) is 0 Å². The van der Waals surface area contributed by atoms with Crippen molar-refractivity contribution in [1.82, 2.24) is 5.32 Å². The molecule has 2 aliphatic rings. The number of carbonyl (C=O) groups is 1. The molecule has 0 aromatic carbocycles. The number of carbonyl (C=O) groups excluding carboxylic acids is 1. The minimum absolute atomic E-state index is 0.533. The molecule has 11 heteroatoms. The van der Waals surface area contributed by atoms with Gasteiger partial charge in [0.25, 0.3) is 0 Å². The molecule has 2 aliphatic heterocycles. The van der Waals surface area contributed by atoms with E-state index in [4.69, 9.17) is 14.2 Å². The Balaban J connectivity index is 2.15. The third-order valence-electron chi connectivity index (χ3n) is 4.34. The number of hydrogen-bond donors (Lipinski definition) is 7. The maximum absolute atomic E-state index is 11.2. The number of rotatable bonds is 4. The van der Waals surface area contributed by atoms with E-state index in [0.29, 0.717) is 0 Å². The lowest BCUT2D eigenvalue weighted by Gasteiger charge is -2.46. The van der Waals surface area contributed by atoms with Gasteiger partial charge in [0.2, 0.25) is 5.91 Å². The molecule has 25 heavy (non-hydrogen) atoms. The molecule has 0 aromatic rings. The van der Waals surface area contributed by atoms with E-state index >= 15 is 0 Å². The third kappa shape index (κ3) is 4.27. The number of ether oxygens (including phenoxy) is 3. The highest BCUT2D eigenvalue weighted by Gasteiger charge is 2.50. The van der Waals surface area contributed by atoms with Crippen LogP contribution in [0.15, 0.2) is 0 Å². The normalized spacial score (nSPS) is 48.2. The highest BCUT2D eigenvalue weighted by Crippen LogP contribution is 2.28. The molecular weight excluding hydrogens is 342 g/mol. The number of nitrogens with one attached hydrogen (secondary N) is 1. The van der Waals surface area contributed by atoms with Crippen molar-refractivity contribution < 1.29 is 49.6 Å². The lowest BCUT2D eigenvalue weighted by Crippen LogP contribution is -2.66. The highest BCUT2D eigenvalue weighted by molar-refractivity contribution is 5.73. The zero-order valence-electron chi connectivity index (χ0n) is 13.8. The van der Waals surface area contributed by atoms with Gasteiger partial charge in [-0.3, -0.25) is 4.79 Å². The van der Waals surface area contributed by atoms with Crippen LogP contribution in [0, 0.1) is 0 Å². The summed E-state index contributed by atoms with van der Waals surface area (Å²) in [5.74, 6) is -0.533. The third-order valence-corrected chi connectivity index (χ3v) is 4.34. The predicted octanol–water partition coefficient (Wildman–Crippen LogP) is -4.23. The Morgan fingerprint density at radius 3 is 2.24 bits per heavy atom. The Kier molecular flexibility index (Phi) is 6.70. The van der Waals surface area contributed by atoms with Crippen molar-refractivity contribution in [3.8, 4) is 0 Å². The molecule has 2 heterocycles. The van der Waals surface area contributed by atoms with Crippen LogP contribution in [-0.2, 0) is 19.0 Å². The van der Waals surface area contributed by atoms with Crippen LogP contribution >= 0.6 is 0 Å². The molecule has 0 radical (unpaired) electrons. The molecule has 2 rings (SSSR count). The number of amides is 1. The minimum Gasteiger partial charge on any atom is -0.394 e. The molecule has 1 amide bonds. The molecule has 0 saturated carbocycles. The van der Waals surface area contributed by atoms with E-state index in [1.54, 1.807) is 0 Å². The van der Waals surface area contributed by atoms with Gasteiger partial charge in [0.1, 0.15) is 42.7 Å². The second-order valence-electron chi connectivity index (χ2n) is 6.25. The van der Waals surface area contributed by atoms with Crippen molar-refractivity contribution in [2.75, 3.05) is 6.61 Å². The van der Waals surface area contributed by atoms with E-state index in [2.05, 4.69) is 5.32 Å². The molecule has 7 N–H and O–H groups in total. The maximum Gasteiger partial charge on any atom is 0.217 e. The van der Waals surface area contributed by atoms with Crippen molar-refractivity contribution in [3.05, 3.63) is 0 Å². The summed E-state index contributed by atoms with van der Waals surface area (Å²) in [6, 6.07) is -1.24. The van der Waals surface area contributed by atoms with Crippen molar-refractivity contribution in [3.63, 3.8) is 0 Å². The second-order valence-corrected chi connectivity index (χ2v) is 6.25. The summed E-state index contributed by atoms with van der Waals surface area (Å²) in [6.45, 7) is 2.01. The first kappa shape index (κ1) is 20.4. The van der Waals surface area contributed by atoms with Crippen LogP contribution < -0.4 is 5.32 Å². The topological polar surface area (TPSA) is 178 Å². The average Bonchev–Trinajstić information content (AvgIpc) is 2.56. The van der Waals surface area contributed by atoms with Gasteiger partial charge >= 0.3 is 0 Å². The average molecular weight is 367 g/mol. The summed E-state index contributed by atoms with van der Waals surface area (Å²) < 4.78 is 15.9. The Hall–Kier alpha value is -0.890. The van der Waals surface area contributed by atoms with E-state index in [-0.39, 0.29) is 0 Å². The van der Waals surface area contributed by atoms with Crippen LogP contribution in [0.1, 0.15) is 13.8 Å². The summed E-state index contributed by atoms with van der Waals surface area (Å²) in [5, 5.41) is 61.5. The molecule has 0 aromatic heterocycles. The van der Waals surface area contributed by atoms with Gasteiger partial charge in [-0.25, -0.2) is 0 Å². The first-order valence-corrected chi connectivity index (χ1v) is 7.92. The summed E-state index contributed by atoms with van der Waals surface area (Å²) in [4.78, 5) is 11.2. The zero-order valence-corrected chi connectivity index (χ0v) is 13.8.